The fourth-order valence-corrected chi connectivity index (χ4v) is 4.28. The smallest absolute Gasteiger partial charge is 0.281 e. The van der Waals surface area contributed by atoms with E-state index in [1.54, 1.807) is 21.2 Å². The highest BCUT2D eigenvalue weighted by atomic mass is 35.5. The summed E-state index contributed by atoms with van der Waals surface area (Å²) >= 11 is 6.06. The van der Waals surface area contributed by atoms with Gasteiger partial charge >= 0.3 is 0 Å². The maximum atomic E-state index is 14.2. The molecule has 4 rings (SSSR count). The topological polar surface area (TPSA) is 76.3 Å². The van der Waals surface area contributed by atoms with Gasteiger partial charge in [-0.1, -0.05) is 17.7 Å². The minimum absolute atomic E-state index is 0.0975. The Kier molecular flexibility index (Phi) is 5.47. The summed E-state index contributed by atoms with van der Waals surface area (Å²) in [5.41, 5.74) is 1.49. The van der Waals surface area contributed by atoms with Crippen LogP contribution in [-0.2, 0) is 7.05 Å². The maximum absolute atomic E-state index is 14.2. The molecule has 1 aliphatic rings. The first-order valence-electron chi connectivity index (χ1n) is 10.1. The first-order valence-corrected chi connectivity index (χ1v) is 10.5. The molecule has 0 unspecified atom stereocenters. The number of fused-ring (bicyclic) bond motifs is 1. The van der Waals surface area contributed by atoms with Gasteiger partial charge in [0, 0.05) is 39.3 Å². The number of carbonyl (C=O) groups excluding carboxylic acids is 1. The van der Waals surface area contributed by atoms with E-state index in [2.05, 4.69) is 5.10 Å². The molecule has 0 spiro atoms. The van der Waals surface area contributed by atoms with Gasteiger partial charge in [0.25, 0.3) is 11.5 Å². The zero-order chi connectivity index (χ0) is 22.4. The van der Waals surface area contributed by atoms with Crippen LogP contribution in [0.25, 0.3) is 11.0 Å². The molecule has 0 atom stereocenters. The van der Waals surface area contributed by atoms with Crippen molar-refractivity contribution in [3.05, 3.63) is 50.7 Å². The van der Waals surface area contributed by atoms with Gasteiger partial charge in [0.05, 0.1) is 16.3 Å². The number of amides is 1. The zero-order valence-corrected chi connectivity index (χ0v) is 18.6. The Bertz CT molecular complexity index is 1210. The van der Waals surface area contributed by atoms with Crippen molar-refractivity contribution in [3.8, 4) is 0 Å². The van der Waals surface area contributed by atoms with Gasteiger partial charge in [0.1, 0.15) is 11.3 Å². The summed E-state index contributed by atoms with van der Waals surface area (Å²) in [4.78, 5) is 34.4. The highest BCUT2D eigenvalue weighted by molar-refractivity contribution is 6.33. The van der Waals surface area contributed by atoms with Gasteiger partial charge in [-0.2, -0.15) is 5.10 Å². The average Bonchev–Trinajstić information content (AvgIpc) is 3.01. The van der Waals surface area contributed by atoms with E-state index >= 15 is 0 Å². The van der Waals surface area contributed by atoms with E-state index in [-0.39, 0.29) is 22.2 Å². The highest BCUT2D eigenvalue weighted by Crippen LogP contribution is 2.24. The number of aryl methyl sites for hydroxylation is 2. The van der Waals surface area contributed by atoms with E-state index < -0.39 is 11.7 Å². The lowest BCUT2D eigenvalue weighted by molar-refractivity contribution is 0.0741. The van der Waals surface area contributed by atoms with Gasteiger partial charge in [0.2, 0.25) is 5.95 Å². The lowest BCUT2D eigenvalue weighted by Gasteiger charge is -2.36. The molecule has 2 aromatic heterocycles. The van der Waals surface area contributed by atoms with Crippen molar-refractivity contribution in [1.29, 1.82) is 0 Å². The van der Waals surface area contributed by atoms with E-state index in [0.29, 0.717) is 48.9 Å². The Balaban J connectivity index is 1.65. The minimum Gasteiger partial charge on any atom is -0.339 e. The fourth-order valence-electron chi connectivity index (χ4n) is 4.04. The van der Waals surface area contributed by atoms with Crippen LogP contribution >= 0.6 is 11.6 Å². The van der Waals surface area contributed by atoms with Crippen LogP contribution in [0.4, 0.5) is 10.3 Å². The van der Waals surface area contributed by atoms with Gasteiger partial charge in [-0.25, -0.2) is 9.37 Å². The summed E-state index contributed by atoms with van der Waals surface area (Å²) in [5, 5.41) is 4.44. The van der Waals surface area contributed by atoms with Crippen LogP contribution in [-0.4, -0.2) is 56.3 Å². The van der Waals surface area contributed by atoms with Crippen LogP contribution in [0, 0.1) is 12.7 Å². The monoisotopic (exact) mass is 446 g/mol. The number of benzene rings is 1. The second-order valence-electron chi connectivity index (χ2n) is 7.96. The quantitative estimate of drug-likeness (QED) is 0.618. The first-order chi connectivity index (χ1) is 14.7. The van der Waals surface area contributed by atoms with E-state index in [9.17, 15) is 14.0 Å². The third-order valence-electron chi connectivity index (χ3n) is 5.58. The van der Waals surface area contributed by atoms with Crippen molar-refractivity contribution >= 4 is 34.5 Å². The molecule has 0 radical (unpaired) electrons. The molecule has 1 fully saturated rings. The molecule has 1 saturated heterocycles. The summed E-state index contributed by atoms with van der Waals surface area (Å²) in [6.45, 7) is 7.34. The van der Waals surface area contributed by atoms with Crippen molar-refractivity contribution in [1.82, 2.24) is 24.2 Å². The predicted molar refractivity (Wildman–Crippen MR) is 117 cm³/mol. The molecular formula is C21H24ClFN6O2. The maximum Gasteiger partial charge on any atom is 0.281 e. The van der Waals surface area contributed by atoms with Crippen molar-refractivity contribution < 1.29 is 9.18 Å². The fraction of sp³-hybridized carbons (Fsp3) is 0.429. The van der Waals surface area contributed by atoms with E-state index in [1.807, 2.05) is 25.7 Å². The minimum atomic E-state index is -0.632. The number of carbonyl (C=O) groups is 1. The van der Waals surface area contributed by atoms with Crippen molar-refractivity contribution in [3.63, 3.8) is 0 Å². The second-order valence-corrected chi connectivity index (χ2v) is 8.37. The van der Waals surface area contributed by atoms with Gasteiger partial charge in [-0.15, -0.1) is 0 Å². The molecule has 0 aliphatic carbocycles. The Morgan fingerprint density at radius 3 is 2.48 bits per heavy atom. The number of halogens is 2. The molecule has 0 bridgehead atoms. The molecule has 8 nitrogen and oxygen atoms in total. The molecule has 0 N–H and O–H groups in total. The number of rotatable bonds is 3. The van der Waals surface area contributed by atoms with Gasteiger partial charge in [-0.3, -0.25) is 18.8 Å². The lowest BCUT2D eigenvalue weighted by atomic mass is 10.1. The number of nitrogens with zero attached hydrogens (tertiary/aromatic N) is 6. The molecule has 164 valence electrons. The summed E-state index contributed by atoms with van der Waals surface area (Å²) in [5.74, 6) is -0.511. The van der Waals surface area contributed by atoms with Crippen molar-refractivity contribution in [2.24, 2.45) is 7.05 Å². The molecule has 1 aliphatic heterocycles. The van der Waals surface area contributed by atoms with Crippen molar-refractivity contribution in [2.75, 3.05) is 31.1 Å². The summed E-state index contributed by atoms with van der Waals surface area (Å²) in [7, 11) is 1.74. The highest BCUT2D eigenvalue weighted by Gasteiger charge is 2.29. The van der Waals surface area contributed by atoms with Crippen molar-refractivity contribution in [2.45, 2.75) is 26.8 Å². The van der Waals surface area contributed by atoms with E-state index in [4.69, 9.17) is 16.6 Å². The zero-order valence-electron chi connectivity index (χ0n) is 17.9. The average molecular weight is 447 g/mol. The molecule has 1 aromatic carbocycles. The summed E-state index contributed by atoms with van der Waals surface area (Å²) < 4.78 is 17.4. The van der Waals surface area contributed by atoms with E-state index in [1.165, 1.54) is 18.2 Å². The van der Waals surface area contributed by atoms with Gasteiger partial charge < -0.3 is 9.80 Å². The number of hydrogen-bond donors (Lipinski definition) is 0. The Morgan fingerprint density at radius 2 is 1.87 bits per heavy atom. The third kappa shape index (κ3) is 3.56. The lowest BCUT2D eigenvalue weighted by Crippen LogP contribution is -2.50. The summed E-state index contributed by atoms with van der Waals surface area (Å²) in [6, 6.07) is 4.10. The molecule has 10 heteroatoms. The second kappa shape index (κ2) is 7.96. The Labute approximate surface area is 183 Å². The number of hydrogen-bond acceptors (Lipinski definition) is 5. The van der Waals surface area contributed by atoms with Crippen LogP contribution in [0.3, 0.4) is 0 Å². The number of aromatic nitrogens is 4. The largest absolute Gasteiger partial charge is 0.339 e. The summed E-state index contributed by atoms with van der Waals surface area (Å²) in [6.07, 6.45) is 0. The number of anilines is 1. The first kappa shape index (κ1) is 21.3. The van der Waals surface area contributed by atoms with Crippen LogP contribution in [0.2, 0.25) is 5.02 Å². The Hall–Kier alpha value is -2.94. The molecule has 3 aromatic rings. The third-order valence-corrected chi connectivity index (χ3v) is 5.90. The van der Waals surface area contributed by atoms with Crippen LogP contribution in [0.1, 0.15) is 35.9 Å². The van der Waals surface area contributed by atoms with Gasteiger partial charge in [0.15, 0.2) is 5.52 Å². The van der Waals surface area contributed by atoms with Crippen LogP contribution < -0.4 is 10.5 Å². The standard InChI is InChI=1S/C21H24ClFN6O2/c1-12(2)29-20(31)18-17(13(3)25-26(18)4)24-21(29)28-10-8-27(9-11-28)19(30)16-14(22)6-5-7-15(16)23/h5-7,12H,8-11H2,1-4H3. The molecule has 3 heterocycles. The molecule has 1 amide bonds. The Morgan fingerprint density at radius 1 is 1.19 bits per heavy atom. The van der Waals surface area contributed by atoms with E-state index in [0.717, 1.165) is 0 Å². The van der Waals surface area contributed by atoms with Crippen LogP contribution in [0.5, 0.6) is 0 Å². The molecule has 31 heavy (non-hydrogen) atoms. The predicted octanol–water partition coefficient (Wildman–Crippen LogP) is 2.77. The normalized spacial score (nSPS) is 14.7. The SMILES string of the molecule is Cc1nn(C)c2c(=O)n(C(C)C)c(N3CCN(C(=O)c4c(F)cccc4Cl)CC3)nc12. The molecular weight excluding hydrogens is 423 g/mol. The molecule has 0 saturated carbocycles. The van der Waals surface area contributed by atoms with Crippen LogP contribution in [0.15, 0.2) is 23.0 Å². The van der Waals surface area contributed by atoms with Gasteiger partial charge in [-0.05, 0) is 32.9 Å². The number of piperazine rings is 1.